The van der Waals surface area contributed by atoms with Crippen molar-refractivity contribution in [1.82, 2.24) is 4.57 Å². The molecule has 0 aliphatic heterocycles. The number of hydrogen-bond acceptors (Lipinski definition) is 4. The predicted molar refractivity (Wildman–Crippen MR) is 70.6 cm³/mol. The summed E-state index contributed by atoms with van der Waals surface area (Å²) < 4.78 is 11.1. The van der Waals surface area contributed by atoms with Gasteiger partial charge in [-0.25, -0.2) is 9.36 Å². The molecule has 19 heavy (non-hydrogen) atoms. The first kappa shape index (κ1) is 13.1. The lowest BCUT2D eigenvalue weighted by Crippen LogP contribution is -2.15. The van der Waals surface area contributed by atoms with Gasteiger partial charge in [-0.15, -0.1) is 0 Å². The molecule has 0 radical (unpaired) electrons. The zero-order valence-corrected chi connectivity index (χ0v) is 11.1. The minimum atomic E-state index is -0.815. The third kappa shape index (κ3) is 2.59. The van der Waals surface area contributed by atoms with E-state index >= 15 is 0 Å². The summed E-state index contributed by atoms with van der Waals surface area (Å²) in [6, 6.07) is 7.30. The Bertz CT molecular complexity index is 642. The van der Waals surface area contributed by atoms with E-state index in [9.17, 15) is 9.59 Å². The number of benzene rings is 1. The zero-order chi connectivity index (χ0) is 14.0. The SMILES string of the molecule is CCOC(=O)Oc1cc2cc(C)ccc2n1C(C)=O. The average molecular weight is 261 g/mol. The van der Waals surface area contributed by atoms with Crippen molar-refractivity contribution < 1.29 is 19.1 Å². The molecule has 0 N–H and O–H groups in total. The number of nitrogens with zero attached hydrogens (tertiary/aromatic N) is 1. The minimum absolute atomic E-state index is 0.173. The highest BCUT2D eigenvalue weighted by molar-refractivity contribution is 5.94. The summed E-state index contributed by atoms with van der Waals surface area (Å²) in [6.45, 7) is 5.27. The summed E-state index contributed by atoms with van der Waals surface area (Å²) in [5.41, 5.74) is 1.77. The molecular weight excluding hydrogens is 246 g/mol. The van der Waals surface area contributed by atoms with Crippen molar-refractivity contribution in [2.75, 3.05) is 6.61 Å². The van der Waals surface area contributed by atoms with Gasteiger partial charge < -0.3 is 9.47 Å². The van der Waals surface area contributed by atoms with Gasteiger partial charge in [0.05, 0.1) is 12.1 Å². The fraction of sp³-hybridized carbons (Fsp3) is 0.286. The normalized spacial score (nSPS) is 10.5. The molecule has 0 aliphatic carbocycles. The Kier molecular flexibility index (Phi) is 3.55. The van der Waals surface area contributed by atoms with Gasteiger partial charge in [-0.3, -0.25) is 4.79 Å². The predicted octanol–water partition coefficient (Wildman–Crippen LogP) is 3.15. The maximum Gasteiger partial charge on any atom is 0.515 e. The Hall–Kier alpha value is -2.30. The van der Waals surface area contributed by atoms with Crippen LogP contribution in [0.25, 0.3) is 10.9 Å². The summed E-state index contributed by atoms with van der Waals surface area (Å²) in [4.78, 5) is 23.1. The van der Waals surface area contributed by atoms with E-state index in [-0.39, 0.29) is 18.4 Å². The van der Waals surface area contributed by atoms with Crippen LogP contribution in [0.1, 0.15) is 24.2 Å². The van der Waals surface area contributed by atoms with Crippen LogP contribution in [0.15, 0.2) is 24.3 Å². The van der Waals surface area contributed by atoms with E-state index in [1.807, 2.05) is 25.1 Å². The van der Waals surface area contributed by atoms with Gasteiger partial charge in [0, 0.05) is 18.4 Å². The topological polar surface area (TPSA) is 57.5 Å². The second-order valence-electron chi connectivity index (χ2n) is 4.18. The smallest absolute Gasteiger partial charge is 0.434 e. The van der Waals surface area contributed by atoms with Crippen LogP contribution >= 0.6 is 0 Å². The standard InChI is InChI=1S/C14H15NO4/c1-4-18-14(17)19-13-8-11-7-9(2)5-6-12(11)15(13)10(3)16/h5-8H,4H2,1-3H3. The minimum Gasteiger partial charge on any atom is -0.434 e. The van der Waals surface area contributed by atoms with Gasteiger partial charge in [0.25, 0.3) is 0 Å². The van der Waals surface area contributed by atoms with E-state index in [1.54, 1.807) is 13.0 Å². The maximum atomic E-state index is 11.7. The Balaban J connectivity index is 2.50. The Morgan fingerprint density at radius 2 is 2.00 bits per heavy atom. The average Bonchev–Trinajstić information content (AvgIpc) is 2.65. The highest BCUT2D eigenvalue weighted by Gasteiger charge is 2.16. The molecule has 5 nitrogen and oxygen atoms in total. The van der Waals surface area contributed by atoms with Gasteiger partial charge in [-0.2, -0.15) is 0 Å². The fourth-order valence-electron chi connectivity index (χ4n) is 1.94. The van der Waals surface area contributed by atoms with Gasteiger partial charge in [0.15, 0.2) is 0 Å². The molecule has 0 aliphatic rings. The lowest BCUT2D eigenvalue weighted by Gasteiger charge is -2.06. The molecular formula is C14H15NO4. The molecule has 1 aromatic heterocycles. The Morgan fingerprint density at radius 1 is 1.26 bits per heavy atom. The third-order valence-corrected chi connectivity index (χ3v) is 2.69. The van der Waals surface area contributed by atoms with E-state index in [0.717, 1.165) is 10.9 Å². The van der Waals surface area contributed by atoms with E-state index in [0.29, 0.717) is 5.52 Å². The molecule has 2 aromatic rings. The van der Waals surface area contributed by atoms with Crippen molar-refractivity contribution >= 4 is 23.0 Å². The van der Waals surface area contributed by atoms with Gasteiger partial charge in [0.1, 0.15) is 0 Å². The summed E-state index contributed by atoms with van der Waals surface area (Å²) >= 11 is 0. The van der Waals surface area contributed by atoms with Crippen LogP contribution in [-0.4, -0.2) is 23.2 Å². The van der Waals surface area contributed by atoms with Crippen LogP contribution in [0, 0.1) is 6.92 Å². The molecule has 100 valence electrons. The molecule has 0 saturated carbocycles. The van der Waals surface area contributed by atoms with Crippen LogP contribution in [0.2, 0.25) is 0 Å². The summed E-state index contributed by atoms with van der Waals surface area (Å²) in [7, 11) is 0. The summed E-state index contributed by atoms with van der Waals surface area (Å²) in [5.74, 6) is -0.0512. The van der Waals surface area contributed by atoms with E-state index in [1.165, 1.54) is 11.5 Å². The number of hydrogen-bond donors (Lipinski definition) is 0. The van der Waals surface area contributed by atoms with Crippen molar-refractivity contribution in [3.05, 3.63) is 29.8 Å². The zero-order valence-electron chi connectivity index (χ0n) is 11.1. The van der Waals surface area contributed by atoms with Crippen LogP contribution in [0.3, 0.4) is 0 Å². The maximum absolute atomic E-state index is 11.7. The highest BCUT2D eigenvalue weighted by Crippen LogP contribution is 2.26. The fourth-order valence-corrected chi connectivity index (χ4v) is 1.94. The van der Waals surface area contributed by atoms with Crippen molar-refractivity contribution in [2.45, 2.75) is 20.8 Å². The van der Waals surface area contributed by atoms with Crippen molar-refractivity contribution in [1.29, 1.82) is 0 Å². The molecule has 0 amide bonds. The third-order valence-electron chi connectivity index (χ3n) is 2.69. The molecule has 0 bridgehead atoms. The van der Waals surface area contributed by atoms with Crippen molar-refractivity contribution in [3.8, 4) is 5.88 Å². The lowest BCUT2D eigenvalue weighted by atomic mass is 10.2. The molecule has 0 unspecified atom stereocenters. The first-order chi connectivity index (χ1) is 9.02. The second kappa shape index (κ2) is 5.14. The molecule has 0 spiro atoms. The molecule has 2 rings (SSSR count). The van der Waals surface area contributed by atoms with Gasteiger partial charge in [-0.1, -0.05) is 11.6 Å². The van der Waals surface area contributed by atoms with Crippen molar-refractivity contribution in [2.24, 2.45) is 0 Å². The van der Waals surface area contributed by atoms with Gasteiger partial charge in [-0.05, 0) is 26.0 Å². The molecule has 0 atom stereocenters. The Labute approximate surface area is 110 Å². The Morgan fingerprint density at radius 3 is 2.63 bits per heavy atom. The highest BCUT2D eigenvalue weighted by atomic mass is 16.7. The second-order valence-corrected chi connectivity index (χ2v) is 4.18. The first-order valence-corrected chi connectivity index (χ1v) is 6.00. The number of carbonyl (C=O) groups is 2. The van der Waals surface area contributed by atoms with Gasteiger partial charge in [0.2, 0.25) is 11.8 Å². The number of fused-ring (bicyclic) bond motifs is 1. The number of aryl methyl sites for hydroxylation is 1. The van der Waals surface area contributed by atoms with Crippen LogP contribution in [-0.2, 0) is 4.74 Å². The van der Waals surface area contributed by atoms with Crippen LogP contribution < -0.4 is 4.74 Å². The molecule has 1 heterocycles. The molecule has 5 heteroatoms. The monoisotopic (exact) mass is 261 g/mol. The summed E-state index contributed by atoms with van der Waals surface area (Å²) in [5, 5.41) is 0.842. The van der Waals surface area contributed by atoms with Crippen LogP contribution in [0.4, 0.5) is 4.79 Å². The van der Waals surface area contributed by atoms with E-state index in [2.05, 4.69) is 0 Å². The first-order valence-electron chi connectivity index (χ1n) is 6.00. The van der Waals surface area contributed by atoms with Gasteiger partial charge >= 0.3 is 6.16 Å². The molecule has 0 saturated heterocycles. The number of carbonyl (C=O) groups excluding carboxylic acids is 2. The number of rotatable bonds is 2. The largest absolute Gasteiger partial charge is 0.515 e. The van der Waals surface area contributed by atoms with Crippen molar-refractivity contribution in [3.63, 3.8) is 0 Å². The van der Waals surface area contributed by atoms with Crippen LogP contribution in [0.5, 0.6) is 5.88 Å². The number of aromatic nitrogens is 1. The quantitative estimate of drug-likeness (QED) is 0.779. The number of ether oxygens (including phenoxy) is 2. The lowest BCUT2D eigenvalue weighted by molar-refractivity contribution is 0.0898. The summed E-state index contributed by atoms with van der Waals surface area (Å²) in [6.07, 6.45) is -0.815. The molecule has 1 aromatic carbocycles. The molecule has 0 fully saturated rings. The van der Waals surface area contributed by atoms with E-state index in [4.69, 9.17) is 9.47 Å². The van der Waals surface area contributed by atoms with E-state index < -0.39 is 6.16 Å².